The smallest absolute Gasteiger partial charge is 0.337 e. The summed E-state index contributed by atoms with van der Waals surface area (Å²) in [6.07, 6.45) is 3.04. The number of benzene rings is 2. The second-order valence-electron chi connectivity index (χ2n) is 7.27. The number of nitrogens with zero attached hydrogens (tertiary/aromatic N) is 1. The number of aryl methyl sites for hydroxylation is 1. The third-order valence-electron chi connectivity index (χ3n) is 5.02. The maximum absolute atomic E-state index is 11.8. The minimum atomic E-state index is -0.385. The molecule has 3 rings (SSSR count). The fourth-order valence-corrected chi connectivity index (χ4v) is 3.38. The largest absolute Gasteiger partial charge is 0.465 e. The van der Waals surface area contributed by atoms with E-state index in [9.17, 15) is 9.59 Å². The van der Waals surface area contributed by atoms with E-state index in [4.69, 9.17) is 14.1 Å². The van der Waals surface area contributed by atoms with Gasteiger partial charge in [0.15, 0.2) is 0 Å². The van der Waals surface area contributed by atoms with E-state index in [-0.39, 0.29) is 11.8 Å². The summed E-state index contributed by atoms with van der Waals surface area (Å²) in [5.74, 6) is 0.424. The van der Waals surface area contributed by atoms with E-state index in [1.165, 1.54) is 7.11 Å². The minimum Gasteiger partial charge on any atom is -0.465 e. The number of methoxy groups -OCH3 is 1. The first-order chi connectivity index (χ1) is 14.5. The quantitative estimate of drug-likeness (QED) is 0.386. The van der Waals surface area contributed by atoms with Crippen LogP contribution in [0.1, 0.15) is 49.0 Å². The number of carbonyl (C=O) groups is 2. The van der Waals surface area contributed by atoms with Crippen LogP contribution in [0.25, 0.3) is 22.1 Å². The normalized spacial score (nSPS) is 11.6. The maximum Gasteiger partial charge on any atom is 0.337 e. The van der Waals surface area contributed by atoms with Gasteiger partial charge >= 0.3 is 5.97 Å². The van der Waals surface area contributed by atoms with Crippen LogP contribution in [0.2, 0.25) is 0 Å². The molecule has 1 heterocycles. The van der Waals surface area contributed by atoms with Gasteiger partial charge in [-0.1, -0.05) is 43.7 Å². The lowest BCUT2D eigenvalue weighted by Gasteiger charge is -2.13. The summed E-state index contributed by atoms with van der Waals surface area (Å²) < 4.78 is 11.1. The van der Waals surface area contributed by atoms with Crippen LogP contribution in [0, 0.1) is 0 Å². The Morgan fingerprint density at radius 3 is 2.37 bits per heavy atom. The Morgan fingerprint density at radius 1 is 1.03 bits per heavy atom. The molecule has 5 heteroatoms. The van der Waals surface area contributed by atoms with Gasteiger partial charge in [-0.25, -0.2) is 4.79 Å². The number of hydrogen-bond acceptors (Lipinski definition) is 5. The van der Waals surface area contributed by atoms with Gasteiger partial charge in [-0.05, 0) is 43.4 Å². The summed E-state index contributed by atoms with van der Waals surface area (Å²) in [4.78, 5) is 28.2. The number of fused-ring (bicyclic) bond motifs is 1. The van der Waals surface area contributed by atoms with Gasteiger partial charge in [0.25, 0.3) is 0 Å². The fourth-order valence-electron chi connectivity index (χ4n) is 3.38. The molecule has 0 radical (unpaired) electrons. The van der Waals surface area contributed by atoms with Crippen LogP contribution in [0.5, 0.6) is 0 Å². The minimum absolute atomic E-state index is 0.128. The maximum atomic E-state index is 11.8. The molecule has 30 heavy (non-hydrogen) atoms. The van der Waals surface area contributed by atoms with Crippen LogP contribution in [0.4, 0.5) is 0 Å². The van der Waals surface area contributed by atoms with E-state index in [1.54, 1.807) is 19.1 Å². The molecule has 0 unspecified atom stereocenters. The van der Waals surface area contributed by atoms with E-state index in [1.807, 2.05) is 36.4 Å². The molecule has 0 spiro atoms. The highest BCUT2D eigenvalue weighted by Gasteiger charge is 2.16. The number of hydrogen-bond donors (Lipinski definition) is 0. The lowest BCUT2D eigenvalue weighted by atomic mass is 9.96. The summed E-state index contributed by atoms with van der Waals surface area (Å²) >= 11 is 0. The Kier molecular flexibility index (Phi) is 7.17. The molecule has 0 aliphatic heterocycles. The molecule has 0 aliphatic rings. The molecule has 0 amide bonds. The van der Waals surface area contributed by atoms with Gasteiger partial charge in [0.1, 0.15) is 11.5 Å². The van der Waals surface area contributed by atoms with Crippen molar-refractivity contribution in [1.82, 2.24) is 0 Å². The molecule has 0 fully saturated rings. The molecule has 0 bridgehead atoms. The standard InChI is InChI=1S/C25H27NO4/c1-4-5-16-26-24-22-9-7-6-8-20(22)21(15-10-17(2)27)23(30-24)18-11-13-19(14-12-18)25(28)29-3/h6-9,11-14H,4-5,10,15-16H2,1-3H3. The topological polar surface area (TPSA) is 68.9 Å². The van der Waals surface area contributed by atoms with Gasteiger partial charge in [0.2, 0.25) is 5.55 Å². The molecule has 2 aromatic carbocycles. The van der Waals surface area contributed by atoms with Gasteiger partial charge in [0, 0.05) is 29.5 Å². The Bertz CT molecular complexity index is 1110. The van der Waals surface area contributed by atoms with E-state index in [2.05, 4.69) is 6.92 Å². The van der Waals surface area contributed by atoms with Crippen molar-refractivity contribution in [2.45, 2.75) is 39.5 Å². The molecule has 1 aromatic heterocycles. The van der Waals surface area contributed by atoms with Crippen molar-refractivity contribution in [2.24, 2.45) is 4.99 Å². The van der Waals surface area contributed by atoms with Crippen LogP contribution >= 0.6 is 0 Å². The second-order valence-corrected chi connectivity index (χ2v) is 7.27. The molecule has 0 N–H and O–H groups in total. The van der Waals surface area contributed by atoms with Crippen LogP contribution in [-0.2, 0) is 16.0 Å². The zero-order valence-corrected chi connectivity index (χ0v) is 17.7. The van der Waals surface area contributed by atoms with Gasteiger partial charge < -0.3 is 13.9 Å². The average molecular weight is 405 g/mol. The van der Waals surface area contributed by atoms with Gasteiger partial charge in [-0.3, -0.25) is 4.99 Å². The monoisotopic (exact) mass is 405 g/mol. The lowest BCUT2D eigenvalue weighted by molar-refractivity contribution is -0.116. The van der Waals surface area contributed by atoms with E-state index in [0.29, 0.717) is 36.3 Å². The van der Waals surface area contributed by atoms with Crippen molar-refractivity contribution in [3.05, 3.63) is 65.2 Å². The Hall–Kier alpha value is -3.21. The molecule has 5 nitrogen and oxygen atoms in total. The number of unbranched alkanes of at least 4 members (excludes halogenated alkanes) is 1. The number of ether oxygens (including phenoxy) is 1. The number of ketones is 1. The number of carbonyl (C=O) groups excluding carboxylic acids is 2. The average Bonchev–Trinajstić information content (AvgIpc) is 2.77. The predicted octanol–water partition coefficient (Wildman–Crippen LogP) is 5.11. The summed E-state index contributed by atoms with van der Waals surface area (Å²) in [5.41, 5.74) is 2.87. The van der Waals surface area contributed by atoms with Crippen molar-refractivity contribution in [1.29, 1.82) is 0 Å². The molecule has 0 saturated carbocycles. The number of rotatable bonds is 8. The first-order valence-electron chi connectivity index (χ1n) is 10.3. The van der Waals surface area contributed by atoms with Crippen LogP contribution in [0.15, 0.2) is 57.9 Å². The Labute approximate surface area is 176 Å². The van der Waals surface area contributed by atoms with Crippen LogP contribution < -0.4 is 5.55 Å². The van der Waals surface area contributed by atoms with Gasteiger partial charge in [0.05, 0.1) is 12.7 Å². The SMILES string of the molecule is CCCCN=c1oc(-c2ccc(C(=O)OC)cc2)c(CCC(C)=O)c2ccccc12. The molecular formula is C25H27NO4. The van der Waals surface area contributed by atoms with E-state index >= 15 is 0 Å². The third kappa shape index (κ3) is 4.85. The first-order valence-corrected chi connectivity index (χ1v) is 10.3. The zero-order chi connectivity index (χ0) is 21.5. The van der Waals surface area contributed by atoms with Crippen molar-refractivity contribution >= 4 is 22.5 Å². The van der Waals surface area contributed by atoms with E-state index < -0.39 is 0 Å². The fraction of sp³-hybridized carbons (Fsp3) is 0.320. The van der Waals surface area contributed by atoms with Crippen molar-refractivity contribution < 1.29 is 18.7 Å². The van der Waals surface area contributed by atoms with Crippen LogP contribution in [-0.4, -0.2) is 25.4 Å². The number of Topliss-reactive ketones (excluding diaryl/α,β-unsaturated/α-hetero) is 1. The van der Waals surface area contributed by atoms with Gasteiger partial charge in [-0.15, -0.1) is 0 Å². The molecular weight excluding hydrogens is 378 g/mol. The first kappa shape index (κ1) is 21.5. The summed E-state index contributed by atoms with van der Waals surface area (Å²) in [6, 6.07) is 15.1. The Balaban J connectivity index is 2.21. The highest BCUT2D eigenvalue weighted by Crippen LogP contribution is 2.30. The van der Waals surface area contributed by atoms with Crippen LogP contribution in [0.3, 0.4) is 0 Å². The molecule has 0 aliphatic carbocycles. The summed E-state index contributed by atoms with van der Waals surface area (Å²) in [6.45, 7) is 4.42. The Morgan fingerprint density at radius 2 is 1.73 bits per heavy atom. The molecule has 3 aromatic rings. The number of esters is 1. The van der Waals surface area contributed by atoms with Crippen molar-refractivity contribution in [3.8, 4) is 11.3 Å². The summed E-state index contributed by atoms with van der Waals surface area (Å²) in [5, 5.41) is 1.98. The molecule has 0 atom stereocenters. The highest BCUT2D eigenvalue weighted by molar-refractivity contribution is 5.91. The summed E-state index contributed by atoms with van der Waals surface area (Å²) in [7, 11) is 1.36. The van der Waals surface area contributed by atoms with E-state index in [0.717, 1.165) is 34.7 Å². The second kappa shape index (κ2) is 10.0. The molecule has 0 saturated heterocycles. The van der Waals surface area contributed by atoms with Crippen molar-refractivity contribution in [3.63, 3.8) is 0 Å². The lowest BCUT2D eigenvalue weighted by Crippen LogP contribution is -2.09. The molecule has 156 valence electrons. The van der Waals surface area contributed by atoms with Crippen molar-refractivity contribution in [2.75, 3.05) is 13.7 Å². The highest BCUT2D eigenvalue weighted by atomic mass is 16.5. The third-order valence-corrected chi connectivity index (χ3v) is 5.02. The zero-order valence-electron chi connectivity index (χ0n) is 17.7. The predicted molar refractivity (Wildman–Crippen MR) is 117 cm³/mol. The van der Waals surface area contributed by atoms with Gasteiger partial charge in [-0.2, -0.15) is 0 Å².